The molecule has 0 saturated carbocycles. The number of sulfonamides is 1. The fourth-order valence-corrected chi connectivity index (χ4v) is 12.3. The lowest BCUT2D eigenvalue weighted by Crippen LogP contribution is -2.73. The van der Waals surface area contributed by atoms with Crippen LogP contribution in [0.2, 0.25) is 54.4 Å². The summed E-state index contributed by atoms with van der Waals surface area (Å²) in [6, 6.07) is 6.81. The first-order chi connectivity index (χ1) is 24.4. The standard InChI is InChI=1S/C44H87NO5SSi3/c1-35(2)33-37(49-53(15,16)43(7,8)9)27-25-23-21-19-20-22-24-26-28-39-41(50-54(17,18)44(10,11)12)40(34-48-52(13,14)42(4,5)6)45(39)51(46,47)38-31-29-36(3)30-32-38/h29-32,35,37,39-41H,19-28,33-34H2,1-18H3/t37-,39-,40-,41+/m0/s1. The van der Waals surface area contributed by atoms with E-state index in [-0.39, 0.29) is 33.3 Å². The molecule has 1 saturated heterocycles. The molecular weight excluding hydrogens is 739 g/mol. The Bertz CT molecular complexity index is 1370. The minimum atomic E-state index is -3.74. The predicted molar refractivity (Wildman–Crippen MR) is 241 cm³/mol. The van der Waals surface area contributed by atoms with Crippen LogP contribution in [0.3, 0.4) is 0 Å². The Morgan fingerprint density at radius 2 is 1.13 bits per heavy atom. The van der Waals surface area contributed by atoms with Crippen molar-refractivity contribution in [2.75, 3.05) is 6.61 Å². The van der Waals surface area contributed by atoms with Crippen molar-refractivity contribution in [1.29, 1.82) is 0 Å². The quantitative estimate of drug-likeness (QED) is 0.0861. The second kappa shape index (κ2) is 19.6. The molecule has 1 heterocycles. The van der Waals surface area contributed by atoms with Crippen LogP contribution in [0, 0.1) is 12.8 Å². The molecule has 0 unspecified atom stereocenters. The Hall–Kier alpha value is -0.339. The largest absolute Gasteiger partial charge is 0.415 e. The summed E-state index contributed by atoms with van der Waals surface area (Å²) < 4.78 is 51.6. The van der Waals surface area contributed by atoms with E-state index in [1.165, 1.54) is 44.9 Å². The summed E-state index contributed by atoms with van der Waals surface area (Å²) in [7, 11) is -9.82. The van der Waals surface area contributed by atoms with Crippen LogP contribution in [0.15, 0.2) is 29.2 Å². The molecule has 0 bridgehead atoms. The van der Waals surface area contributed by atoms with Gasteiger partial charge in [0.2, 0.25) is 10.0 Å². The number of nitrogens with zero attached hydrogens (tertiary/aromatic N) is 1. The van der Waals surface area contributed by atoms with Crippen LogP contribution in [0.25, 0.3) is 0 Å². The summed E-state index contributed by atoms with van der Waals surface area (Å²) in [4.78, 5) is 0.364. The number of benzene rings is 1. The molecule has 1 aromatic rings. The molecule has 1 aromatic carbocycles. The van der Waals surface area contributed by atoms with Gasteiger partial charge in [0.1, 0.15) is 0 Å². The summed E-state index contributed by atoms with van der Waals surface area (Å²) in [5.74, 6) is 0.657. The molecule has 6 nitrogen and oxygen atoms in total. The zero-order valence-electron chi connectivity index (χ0n) is 38.6. The molecular formula is C44H87NO5SSi3. The Labute approximate surface area is 339 Å². The van der Waals surface area contributed by atoms with Gasteiger partial charge in [0.05, 0.1) is 29.7 Å². The average molecular weight is 827 g/mol. The highest BCUT2D eigenvalue weighted by atomic mass is 32.2. The van der Waals surface area contributed by atoms with Crippen molar-refractivity contribution >= 4 is 35.0 Å². The van der Waals surface area contributed by atoms with E-state index in [2.05, 4.69) is 115 Å². The first-order valence-electron chi connectivity index (χ1n) is 21.5. The summed E-state index contributed by atoms with van der Waals surface area (Å²) in [6.45, 7) is 41.4. The van der Waals surface area contributed by atoms with E-state index in [0.717, 1.165) is 31.2 Å². The summed E-state index contributed by atoms with van der Waals surface area (Å²) in [5.41, 5.74) is 1.05. The van der Waals surface area contributed by atoms with E-state index < -0.39 is 35.0 Å². The molecule has 2 rings (SSSR count). The van der Waals surface area contributed by atoms with Gasteiger partial charge in [-0.05, 0) is 98.6 Å². The fraction of sp³-hybridized carbons (Fsp3) is 0.864. The third kappa shape index (κ3) is 13.9. The van der Waals surface area contributed by atoms with Gasteiger partial charge in [0.15, 0.2) is 25.0 Å². The highest BCUT2D eigenvalue weighted by molar-refractivity contribution is 7.89. The van der Waals surface area contributed by atoms with Crippen LogP contribution in [-0.2, 0) is 23.3 Å². The van der Waals surface area contributed by atoms with Crippen LogP contribution < -0.4 is 0 Å². The molecule has 54 heavy (non-hydrogen) atoms. The molecule has 10 heteroatoms. The highest BCUT2D eigenvalue weighted by Crippen LogP contribution is 2.46. The number of rotatable bonds is 22. The third-order valence-corrected chi connectivity index (χ3v) is 28.9. The summed E-state index contributed by atoms with van der Waals surface area (Å²) in [5, 5.41) is 0.293. The van der Waals surface area contributed by atoms with Crippen molar-refractivity contribution in [2.45, 2.75) is 237 Å². The van der Waals surface area contributed by atoms with E-state index in [1.54, 1.807) is 16.4 Å². The van der Waals surface area contributed by atoms with Gasteiger partial charge in [-0.2, -0.15) is 4.31 Å². The Morgan fingerprint density at radius 3 is 1.59 bits per heavy atom. The second-order valence-corrected chi connectivity index (χ2v) is 37.9. The smallest absolute Gasteiger partial charge is 0.243 e. The van der Waals surface area contributed by atoms with Crippen molar-refractivity contribution in [1.82, 2.24) is 4.31 Å². The van der Waals surface area contributed by atoms with Crippen molar-refractivity contribution in [3.05, 3.63) is 29.8 Å². The van der Waals surface area contributed by atoms with E-state index in [1.807, 2.05) is 19.1 Å². The fourth-order valence-electron chi connectivity index (χ4n) is 6.65. The molecule has 1 fully saturated rings. The van der Waals surface area contributed by atoms with E-state index in [9.17, 15) is 8.42 Å². The molecule has 1 aliphatic heterocycles. The van der Waals surface area contributed by atoms with Gasteiger partial charge < -0.3 is 13.3 Å². The molecule has 4 atom stereocenters. The molecule has 1 aliphatic rings. The molecule has 0 aromatic heterocycles. The minimum Gasteiger partial charge on any atom is -0.415 e. The van der Waals surface area contributed by atoms with Gasteiger partial charge in [0.25, 0.3) is 0 Å². The lowest BCUT2D eigenvalue weighted by atomic mass is 9.89. The van der Waals surface area contributed by atoms with Crippen LogP contribution >= 0.6 is 0 Å². The monoisotopic (exact) mass is 826 g/mol. The summed E-state index contributed by atoms with van der Waals surface area (Å²) in [6.07, 6.45) is 12.9. The number of unbranched alkanes of at least 4 members (excludes halogenated alkanes) is 7. The zero-order chi connectivity index (χ0) is 41.6. The Morgan fingerprint density at radius 1 is 0.667 bits per heavy atom. The SMILES string of the molecule is Cc1ccc(S(=O)(=O)N2[C@@H](CCCCCCCCCC[C@@H](CC(C)C)O[Si](C)(C)C(C)(C)C)[C@@H](O[Si](C)(C)C(C)(C)C)[C@@H]2CO[Si](C)(C)C(C)(C)C)cc1. The van der Waals surface area contributed by atoms with Crippen LogP contribution in [0.4, 0.5) is 0 Å². The number of hydrogen-bond donors (Lipinski definition) is 0. The Kier molecular flexibility index (Phi) is 18.1. The van der Waals surface area contributed by atoms with Crippen molar-refractivity contribution in [3.8, 4) is 0 Å². The first kappa shape index (κ1) is 49.8. The number of aryl methyl sites for hydroxylation is 1. The first-order valence-corrected chi connectivity index (χ1v) is 31.7. The maximum absolute atomic E-state index is 14.5. The number of hydrogen-bond acceptors (Lipinski definition) is 5. The van der Waals surface area contributed by atoms with Crippen molar-refractivity contribution in [3.63, 3.8) is 0 Å². The topological polar surface area (TPSA) is 65.1 Å². The van der Waals surface area contributed by atoms with Gasteiger partial charge >= 0.3 is 0 Å². The maximum atomic E-state index is 14.5. The molecule has 0 aliphatic carbocycles. The van der Waals surface area contributed by atoms with Gasteiger partial charge in [-0.15, -0.1) is 0 Å². The van der Waals surface area contributed by atoms with Gasteiger partial charge in [-0.3, -0.25) is 0 Å². The van der Waals surface area contributed by atoms with Crippen molar-refractivity contribution < 1.29 is 21.7 Å². The minimum absolute atomic E-state index is 0.0196. The maximum Gasteiger partial charge on any atom is 0.243 e. The molecule has 0 amide bonds. The van der Waals surface area contributed by atoms with Gasteiger partial charge in [-0.25, -0.2) is 8.42 Å². The Balaban J connectivity index is 2.09. The van der Waals surface area contributed by atoms with Crippen molar-refractivity contribution in [2.24, 2.45) is 5.92 Å². The average Bonchev–Trinajstić information content (AvgIpc) is 2.99. The lowest BCUT2D eigenvalue weighted by Gasteiger charge is -2.57. The predicted octanol–water partition coefficient (Wildman–Crippen LogP) is 13.5. The molecule has 0 N–H and O–H groups in total. The van der Waals surface area contributed by atoms with E-state index >= 15 is 0 Å². The highest BCUT2D eigenvalue weighted by Gasteiger charge is 2.58. The second-order valence-electron chi connectivity index (χ2n) is 21.7. The molecule has 0 spiro atoms. The third-order valence-electron chi connectivity index (χ3n) is 13.4. The van der Waals surface area contributed by atoms with Gasteiger partial charge in [-0.1, -0.05) is 145 Å². The summed E-state index contributed by atoms with van der Waals surface area (Å²) >= 11 is 0. The van der Waals surface area contributed by atoms with Crippen LogP contribution in [0.5, 0.6) is 0 Å². The zero-order valence-corrected chi connectivity index (χ0v) is 42.4. The van der Waals surface area contributed by atoms with Gasteiger partial charge in [0, 0.05) is 6.10 Å². The van der Waals surface area contributed by atoms with E-state index in [4.69, 9.17) is 13.3 Å². The molecule has 0 radical (unpaired) electrons. The van der Waals surface area contributed by atoms with Crippen LogP contribution in [-0.4, -0.2) is 68.6 Å². The van der Waals surface area contributed by atoms with E-state index in [0.29, 0.717) is 23.5 Å². The lowest BCUT2D eigenvalue weighted by molar-refractivity contribution is -0.0777. The molecule has 316 valence electrons. The normalized spacial score (nSPS) is 20.4. The van der Waals surface area contributed by atoms with Crippen LogP contribution in [0.1, 0.15) is 152 Å².